The number of nitrogens with zero attached hydrogens (tertiary/aromatic N) is 1. The Kier molecular flexibility index (Phi) is 4.26. The van der Waals surface area contributed by atoms with Gasteiger partial charge >= 0.3 is 0 Å². The predicted octanol–water partition coefficient (Wildman–Crippen LogP) is 4.24. The number of aliphatic hydroxyl groups is 1. The number of amides is 1. The molecule has 1 N–H and O–H groups in total. The van der Waals surface area contributed by atoms with Gasteiger partial charge in [0.1, 0.15) is 0 Å². The Morgan fingerprint density at radius 2 is 1.88 bits per heavy atom. The summed E-state index contributed by atoms with van der Waals surface area (Å²) >= 11 is 0. The minimum atomic E-state index is -0.0916. The van der Waals surface area contributed by atoms with Gasteiger partial charge in [-0.25, -0.2) is 0 Å². The summed E-state index contributed by atoms with van der Waals surface area (Å²) in [6.45, 7) is 7.17. The van der Waals surface area contributed by atoms with Crippen LogP contribution in [0, 0.1) is 34.5 Å². The van der Waals surface area contributed by atoms with Crippen LogP contribution in [0.3, 0.4) is 0 Å². The number of hydrogen-bond donors (Lipinski definition) is 1. The average molecular weight is 348 g/mol. The SMILES string of the molecule is CCCC1CC(=O)N(C)C2CC[C@@H]3[C@@H](CC[C@]4(C)C(O)CC[C@@H]34)[C@@]12C. The Hall–Kier alpha value is -0.570. The van der Waals surface area contributed by atoms with Gasteiger partial charge in [0.15, 0.2) is 0 Å². The molecule has 1 amide bonds. The summed E-state index contributed by atoms with van der Waals surface area (Å²) in [5.41, 5.74) is 0.428. The van der Waals surface area contributed by atoms with Gasteiger partial charge in [-0.05, 0) is 79.4 Å². The van der Waals surface area contributed by atoms with E-state index in [1.807, 2.05) is 0 Å². The van der Waals surface area contributed by atoms with Gasteiger partial charge in [-0.2, -0.15) is 0 Å². The molecule has 3 nitrogen and oxygen atoms in total. The first-order valence-electron chi connectivity index (χ1n) is 10.8. The van der Waals surface area contributed by atoms with E-state index in [0.717, 1.165) is 24.7 Å². The zero-order valence-corrected chi connectivity index (χ0v) is 16.6. The topological polar surface area (TPSA) is 40.5 Å². The van der Waals surface area contributed by atoms with Crippen LogP contribution in [-0.2, 0) is 4.79 Å². The van der Waals surface area contributed by atoms with Crippen LogP contribution in [0.15, 0.2) is 0 Å². The van der Waals surface area contributed by atoms with Gasteiger partial charge in [0.2, 0.25) is 5.91 Å². The first kappa shape index (κ1) is 17.8. The maximum absolute atomic E-state index is 12.6. The molecule has 142 valence electrons. The lowest BCUT2D eigenvalue weighted by Crippen LogP contribution is -2.64. The van der Waals surface area contributed by atoms with E-state index in [4.69, 9.17) is 0 Å². The van der Waals surface area contributed by atoms with E-state index in [9.17, 15) is 9.90 Å². The van der Waals surface area contributed by atoms with Crippen molar-refractivity contribution in [2.75, 3.05) is 7.05 Å². The molecule has 1 saturated heterocycles. The van der Waals surface area contributed by atoms with Crippen molar-refractivity contribution in [3.05, 3.63) is 0 Å². The zero-order chi connectivity index (χ0) is 18.0. The molecule has 1 aliphatic heterocycles. The van der Waals surface area contributed by atoms with Crippen molar-refractivity contribution in [3.8, 4) is 0 Å². The normalized spacial score (nSPS) is 52.5. The van der Waals surface area contributed by atoms with E-state index in [1.165, 1.54) is 44.9 Å². The molecule has 4 aliphatic rings. The first-order chi connectivity index (χ1) is 11.8. The largest absolute Gasteiger partial charge is 0.393 e. The minimum Gasteiger partial charge on any atom is -0.393 e. The molecule has 1 heterocycles. The lowest BCUT2D eigenvalue weighted by molar-refractivity contribution is -0.174. The molecular weight excluding hydrogens is 310 g/mol. The van der Waals surface area contributed by atoms with Gasteiger partial charge in [-0.1, -0.05) is 27.2 Å². The smallest absolute Gasteiger partial charge is 0.222 e. The van der Waals surface area contributed by atoms with Crippen molar-refractivity contribution < 1.29 is 9.90 Å². The van der Waals surface area contributed by atoms with Gasteiger partial charge in [0.05, 0.1) is 6.10 Å². The molecule has 0 radical (unpaired) electrons. The number of piperidine rings is 1. The number of likely N-dealkylation sites (tertiary alicyclic amines) is 1. The third-order valence-corrected chi connectivity index (χ3v) is 9.48. The van der Waals surface area contributed by atoms with Crippen molar-refractivity contribution in [2.45, 2.75) is 90.7 Å². The van der Waals surface area contributed by atoms with E-state index in [-0.39, 0.29) is 16.9 Å². The van der Waals surface area contributed by atoms with Gasteiger partial charge < -0.3 is 10.0 Å². The summed E-state index contributed by atoms with van der Waals surface area (Å²) < 4.78 is 0. The van der Waals surface area contributed by atoms with Crippen LogP contribution in [0.2, 0.25) is 0 Å². The lowest BCUT2D eigenvalue weighted by Gasteiger charge is -2.64. The molecule has 25 heavy (non-hydrogen) atoms. The molecule has 0 spiro atoms. The second kappa shape index (κ2) is 5.97. The molecule has 4 fully saturated rings. The molecule has 3 saturated carbocycles. The third-order valence-electron chi connectivity index (χ3n) is 9.48. The molecule has 8 atom stereocenters. The van der Waals surface area contributed by atoms with Crippen LogP contribution < -0.4 is 0 Å². The quantitative estimate of drug-likeness (QED) is 0.812. The van der Waals surface area contributed by atoms with Crippen molar-refractivity contribution in [1.29, 1.82) is 0 Å². The van der Waals surface area contributed by atoms with Crippen molar-refractivity contribution in [1.82, 2.24) is 4.90 Å². The van der Waals surface area contributed by atoms with Crippen molar-refractivity contribution in [3.63, 3.8) is 0 Å². The van der Waals surface area contributed by atoms with E-state index < -0.39 is 0 Å². The van der Waals surface area contributed by atoms with Crippen LogP contribution in [0.25, 0.3) is 0 Å². The second-order valence-electron chi connectivity index (χ2n) is 10.2. The van der Waals surface area contributed by atoms with Gasteiger partial charge in [-0.15, -0.1) is 0 Å². The van der Waals surface area contributed by atoms with Gasteiger partial charge in [0.25, 0.3) is 0 Å². The molecule has 3 heteroatoms. The fourth-order valence-corrected chi connectivity index (χ4v) is 8.04. The Bertz CT molecular complexity index is 548. The molecule has 0 aromatic carbocycles. The number of rotatable bonds is 2. The highest BCUT2D eigenvalue weighted by Gasteiger charge is 2.63. The molecule has 3 unspecified atom stereocenters. The molecule has 0 aromatic heterocycles. The van der Waals surface area contributed by atoms with Crippen molar-refractivity contribution in [2.24, 2.45) is 34.5 Å². The van der Waals surface area contributed by atoms with Crippen LogP contribution in [0.4, 0.5) is 0 Å². The summed E-state index contributed by atoms with van der Waals surface area (Å²) in [6, 6.07) is 0.433. The Morgan fingerprint density at radius 1 is 1.12 bits per heavy atom. The zero-order valence-electron chi connectivity index (χ0n) is 16.6. The summed E-state index contributed by atoms with van der Waals surface area (Å²) in [7, 11) is 2.06. The van der Waals surface area contributed by atoms with Crippen LogP contribution in [0.5, 0.6) is 0 Å². The molecular formula is C22H37NO2. The number of carbonyl (C=O) groups excluding carboxylic acids is 1. The Balaban J connectivity index is 1.70. The number of hydrogen-bond acceptors (Lipinski definition) is 2. The number of aliphatic hydroxyl groups excluding tert-OH is 1. The monoisotopic (exact) mass is 347 g/mol. The molecule has 3 aliphatic carbocycles. The fourth-order valence-electron chi connectivity index (χ4n) is 8.04. The van der Waals surface area contributed by atoms with Gasteiger partial charge in [-0.3, -0.25) is 4.79 Å². The van der Waals surface area contributed by atoms with E-state index in [2.05, 4.69) is 32.7 Å². The summed E-state index contributed by atoms with van der Waals surface area (Å²) in [5.74, 6) is 3.12. The minimum absolute atomic E-state index is 0.0916. The van der Waals surface area contributed by atoms with E-state index >= 15 is 0 Å². The highest BCUT2D eigenvalue weighted by atomic mass is 16.3. The highest BCUT2D eigenvalue weighted by molar-refractivity contribution is 5.78. The molecule has 0 bridgehead atoms. The summed E-state index contributed by atoms with van der Waals surface area (Å²) in [6.07, 6.45) is 10.1. The third kappa shape index (κ3) is 2.30. The number of fused-ring (bicyclic) bond motifs is 5. The van der Waals surface area contributed by atoms with Crippen LogP contribution >= 0.6 is 0 Å². The second-order valence-corrected chi connectivity index (χ2v) is 10.2. The van der Waals surface area contributed by atoms with Crippen LogP contribution in [0.1, 0.15) is 78.6 Å². The van der Waals surface area contributed by atoms with Crippen LogP contribution in [-0.4, -0.2) is 35.1 Å². The Labute approximate surface area is 153 Å². The maximum Gasteiger partial charge on any atom is 0.222 e. The first-order valence-corrected chi connectivity index (χ1v) is 10.8. The van der Waals surface area contributed by atoms with Crippen molar-refractivity contribution >= 4 is 5.91 Å². The summed E-state index contributed by atoms with van der Waals surface area (Å²) in [4.78, 5) is 14.7. The fraction of sp³-hybridized carbons (Fsp3) is 0.955. The average Bonchev–Trinajstić information content (AvgIpc) is 2.88. The Morgan fingerprint density at radius 3 is 2.60 bits per heavy atom. The lowest BCUT2D eigenvalue weighted by atomic mass is 9.45. The standard InChI is InChI=1S/C22H37NO2/c1-5-6-14-13-20(25)23(4)18-9-7-15-16-8-10-19(24)21(16,2)12-11-17(15)22(14,18)3/h14-19,24H,5-13H2,1-4H3/t14?,15-,16-,17+,18?,19?,21-,22+/m0/s1. The highest BCUT2D eigenvalue weighted by Crippen LogP contribution is 2.66. The van der Waals surface area contributed by atoms with E-state index in [0.29, 0.717) is 23.8 Å². The molecule has 4 rings (SSSR count). The maximum atomic E-state index is 12.6. The number of carbonyl (C=O) groups is 1. The summed E-state index contributed by atoms with van der Waals surface area (Å²) in [5, 5.41) is 10.6. The predicted molar refractivity (Wildman–Crippen MR) is 100.0 cm³/mol. The van der Waals surface area contributed by atoms with Gasteiger partial charge in [0, 0.05) is 19.5 Å². The van der Waals surface area contributed by atoms with E-state index in [1.54, 1.807) is 0 Å². The molecule has 0 aromatic rings.